The van der Waals surface area contributed by atoms with Gasteiger partial charge in [0.2, 0.25) is 0 Å². The van der Waals surface area contributed by atoms with Crippen molar-refractivity contribution in [3.8, 4) is 5.75 Å². The van der Waals surface area contributed by atoms with Crippen LogP contribution in [0.2, 0.25) is 0 Å². The van der Waals surface area contributed by atoms with E-state index in [1.54, 1.807) is 0 Å². The van der Waals surface area contributed by atoms with Gasteiger partial charge in [0.1, 0.15) is 12.4 Å². The number of nitrogens with one attached hydrogen (secondary N) is 2. The number of benzene rings is 3. The highest BCUT2D eigenvalue weighted by Crippen LogP contribution is 2.23. The quantitative estimate of drug-likeness (QED) is 0.342. The highest BCUT2D eigenvalue weighted by Gasteiger charge is 2.07. The van der Waals surface area contributed by atoms with E-state index in [1.165, 1.54) is 10.5 Å². The molecule has 0 saturated heterocycles. The van der Waals surface area contributed by atoms with Crippen LogP contribution in [0.25, 0.3) is 0 Å². The van der Waals surface area contributed by atoms with Crippen LogP contribution < -0.4 is 15.4 Å². The van der Waals surface area contributed by atoms with Gasteiger partial charge in [-0.2, -0.15) is 0 Å². The number of hydrogen-bond donors (Lipinski definition) is 2. The predicted molar refractivity (Wildman–Crippen MR) is 128 cm³/mol. The van der Waals surface area contributed by atoms with Crippen LogP contribution in [0.4, 0.5) is 5.69 Å². The zero-order valence-electron chi connectivity index (χ0n) is 16.7. The molecule has 2 N–H and O–H groups in total. The van der Waals surface area contributed by atoms with Gasteiger partial charge in [-0.1, -0.05) is 48.5 Å². The monoisotopic (exact) mass is 422 g/mol. The van der Waals surface area contributed by atoms with Crippen molar-refractivity contribution in [1.82, 2.24) is 5.32 Å². The van der Waals surface area contributed by atoms with E-state index >= 15 is 0 Å². The minimum absolute atomic E-state index is 0.0937. The van der Waals surface area contributed by atoms with Crippen LogP contribution in [-0.4, -0.2) is 17.8 Å². The molecule has 0 bridgehead atoms. The maximum absolute atomic E-state index is 5.88. The van der Waals surface area contributed by atoms with E-state index in [0.717, 1.165) is 22.8 Å². The van der Waals surface area contributed by atoms with Gasteiger partial charge >= 0.3 is 0 Å². The highest BCUT2D eigenvalue weighted by molar-refractivity contribution is 7.98. The van der Waals surface area contributed by atoms with E-state index in [-0.39, 0.29) is 6.04 Å². The standard InChI is InChI=1S/C24H26N2OS2/c1-18-8-6-7-11-23(18)27-16-19(2)25-24(28)26-21-14-12-20(13-15-21)17-29-22-9-4-3-5-10-22/h3-15,19H,16-17H2,1-2H3,(H2,25,26,28)/t19-/m0/s1. The average molecular weight is 423 g/mol. The van der Waals surface area contributed by atoms with Crippen molar-refractivity contribution < 1.29 is 4.74 Å². The van der Waals surface area contributed by atoms with Gasteiger partial charge in [0, 0.05) is 16.3 Å². The Hall–Kier alpha value is -2.50. The molecule has 0 heterocycles. The molecule has 29 heavy (non-hydrogen) atoms. The number of thioether (sulfide) groups is 1. The Kier molecular flexibility index (Phi) is 7.96. The lowest BCUT2D eigenvalue weighted by Crippen LogP contribution is -2.39. The molecule has 150 valence electrons. The fraction of sp³-hybridized carbons (Fsp3) is 0.208. The van der Waals surface area contributed by atoms with Crippen LogP contribution in [0.5, 0.6) is 5.75 Å². The maximum atomic E-state index is 5.88. The van der Waals surface area contributed by atoms with Crippen LogP contribution in [0, 0.1) is 6.92 Å². The van der Waals surface area contributed by atoms with Gasteiger partial charge in [-0.25, -0.2) is 0 Å². The Morgan fingerprint density at radius 3 is 2.38 bits per heavy atom. The minimum Gasteiger partial charge on any atom is -0.491 e. The average Bonchev–Trinajstić information content (AvgIpc) is 2.73. The zero-order chi connectivity index (χ0) is 20.5. The van der Waals surface area contributed by atoms with Crippen LogP contribution >= 0.6 is 24.0 Å². The number of aryl methyl sites for hydroxylation is 1. The Morgan fingerprint density at radius 2 is 1.66 bits per heavy atom. The highest BCUT2D eigenvalue weighted by atomic mass is 32.2. The van der Waals surface area contributed by atoms with Crippen LogP contribution in [0.1, 0.15) is 18.1 Å². The molecule has 0 radical (unpaired) electrons. The summed E-state index contributed by atoms with van der Waals surface area (Å²) >= 11 is 7.27. The van der Waals surface area contributed by atoms with Gasteiger partial charge in [-0.05, 0) is 67.5 Å². The van der Waals surface area contributed by atoms with Gasteiger partial charge in [-0.15, -0.1) is 11.8 Å². The molecule has 1 atom stereocenters. The summed E-state index contributed by atoms with van der Waals surface area (Å²) in [5.74, 6) is 1.85. The molecule has 0 amide bonds. The van der Waals surface area contributed by atoms with Crippen molar-refractivity contribution in [2.45, 2.75) is 30.5 Å². The van der Waals surface area contributed by atoms with Crippen molar-refractivity contribution in [3.05, 3.63) is 90.0 Å². The lowest BCUT2D eigenvalue weighted by atomic mass is 10.2. The van der Waals surface area contributed by atoms with Gasteiger partial charge in [0.25, 0.3) is 0 Å². The molecule has 0 aliphatic rings. The van der Waals surface area contributed by atoms with E-state index in [2.05, 4.69) is 66.1 Å². The fourth-order valence-corrected chi connectivity index (χ4v) is 3.93. The molecule has 0 spiro atoms. The summed E-state index contributed by atoms with van der Waals surface area (Å²) in [6, 6.07) is 26.9. The summed E-state index contributed by atoms with van der Waals surface area (Å²) in [4.78, 5) is 1.28. The Bertz CT molecular complexity index is 914. The number of anilines is 1. The SMILES string of the molecule is Cc1ccccc1OC[C@H](C)NC(=S)Nc1ccc(CSc2ccccc2)cc1. The van der Waals surface area contributed by atoms with Gasteiger partial charge in [0.05, 0.1) is 6.04 Å². The summed E-state index contributed by atoms with van der Waals surface area (Å²) in [6.45, 7) is 4.64. The first-order valence-corrected chi connectivity index (χ1v) is 11.0. The maximum Gasteiger partial charge on any atom is 0.171 e. The molecule has 3 aromatic carbocycles. The first-order chi connectivity index (χ1) is 14.1. The van der Waals surface area contributed by atoms with Gasteiger partial charge in [-0.3, -0.25) is 0 Å². The molecule has 0 unspecified atom stereocenters. The second-order valence-electron chi connectivity index (χ2n) is 6.87. The molecular formula is C24H26N2OS2. The summed E-state index contributed by atoms with van der Waals surface area (Å²) in [6.07, 6.45) is 0. The van der Waals surface area contributed by atoms with Crippen LogP contribution in [-0.2, 0) is 5.75 Å². The van der Waals surface area contributed by atoms with Crippen molar-refractivity contribution in [3.63, 3.8) is 0 Å². The lowest BCUT2D eigenvalue weighted by Gasteiger charge is -2.18. The largest absolute Gasteiger partial charge is 0.491 e. The second kappa shape index (κ2) is 10.9. The first-order valence-electron chi connectivity index (χ1n) is 9.63. The third-order valence-corrected chi connectivity index (χ3v) is 5.62. The fourth-order valence-electron chi connectivity index (χ4n) is 2.73. The minimum atomic E-state index is 0.0937. The molecular weight excluding hydrogens is 396 g/mol. The van der Waals surface area contributed by atoms with Gasteiger partial charge < -0.3 is 15.4 Å². The van der Waals surface area contributed by atoms with Gasteiger partial charge in [0.15, 0.2) is 5.11 Å². The molecule has 0 fully saturated rings. The molecule has 5 heteroatoms. The summed E-state index contributed by atoms with van der Waals surface area (Å²) < 4.78 is 5.88. The smallest absolute Gasteiger partial charge is 0.171 e. The molecule has 0 aromatic heterocycles. The predicted octanol–water partition coefficient (Wildman–Crippen LogP) is 6.04. The molecule has 0 aliphatic carbocycles. The molecule has 0 aliphatic heterocycles. The molecule has 3 rings (SSSR count). The summed E-state index contributed by atoms with van der Waals surface area (Å²) in [5, 5.41) is 7.11. The number of para-hydroxylation sites is 1. The molecule has 0 saturated carbocycles. The Balaban J connectivity index is 1.42. The topological polar surface area (TPSA) is 33.3 Å². The summed E-state index contributed by atoms with van der Waals surface area (Å²) in [5.41, 5.74) is 3.39. The van der Waals surface area contributed by atoms with E-state index in [4.69, 9.17) is 17.0 Å². The molecule has 3 aromatic rings. The Labute approximate surface area is 182 Å². The van der Waals surface area contributed by atoms with Crippen molar-refractivity contribution >= 4 is 34.8 Å². The third kappa shape index (κ3) is 7.11. The van der Waals surface area contributed by atoms with Crippen LogP contribution in [0.3, 0.4) is 0 Å². The summed E-state index contributed by atoms with van der Waals surface area (Å²) in [7, 11) is 0. The first kappa shape index (κ1) is 21.2. The zero-order valence-corrected chi connectivity index (χ0v) is 18.4. The normalized spacial score (nSPS) is 11.5. The number of rotatable bonds is 8. The third-order valence-electron chi connectivity index (χ3n) is 4.32. The second-order valence-corrected chi connectivity index (χ2v) is 8.33. The van der Waals surface area contributed by atoms with E-state index in [1.807, 2.05) is 49.0 Å². The van der Waals surface area contributed by atoms with E-state index in [9.17, 15) is 0 Å². The molecule has 3 nitrogen and oxygen atoms in total. The van der Waals surface area contributed by atoms with E-state index in [0.29, 0.717) is 11.7 Å². The number of thiocarbonyl (C=S) groups is 1. The van der Waals surface area contributed by atoms with E-state index < -0.39 is 0 Å². The number of ether oxygens (including phenoxy) is 1. The van der Waals surface area contributed by atoms with Crippen molar-refractivity contribution in [1.29, 1.82) is 0 Å². The van der Waals surface area contributed by atoms with Crippen molar-refractivity contribution in [2.75, 3.05) is 11.9 Å². The van der Waals surface area contributed by atoms with Crippen molar-refractivity contribution in [2.24, 2.45) is 0 Å². The lowest BCUT2D eigenvalue weighted by molar-refractivity contribution is 0.285. The number of hydrogen-bond acceptors (Lipinski definition) is 3. The van der Waals surface area contributed by atoms with Crippen LogP contribution in [0.15, 0.2) is 83.8 Å². The Morgan fingerprint density at radius 1 is 0.966 bits per heavy atom.